The third-order valence-electron chi connectivity index (χ3n) is 2.96. The van der Waals surface area contributed by atoms with Crippen LogP contribution in [0.3, 0.4) is 0 Å². The summed E-state index contributed by atoms with van der Waals surface area (Å²) in [4.78, 5) is 14.2. The van der Waals surface area contributed by atoms with E-state index in [0.29, 0.717) is 28.3 Å². The van der Waals surface area contributed by atoms with E-state index in [1.54, 1.807) is 0 Å². The highest BCUT2D eigenvalue weighted by atomic mass is 79.9. The predicted molar refractivity (Wildman–Crippen MR) is 78.5 cm³/mol. The summed E-state index contributed by atoms with van der Waals surface area (Å²) in [6.07, 6.45) is 1.21. The van der Waals surface area contributed by atoms with Gasteiger partial charge in [-0.25, -0.2) is 4.98 Å². The van der Waals surface area contributed by atoms with Gasteiger partial charge in [0.15, 0.2) is 11.5 Å². The summed E-state index contributed by atoms with van der Waals surface area (Å²) in [7, 11) is 0. The molecule has 7 nitrogen and oxygen atoms in total. The average Bonchev–Trinajstić information content (AvgIpc) is 2.94. The van der Waals surface area contributed by atoms with Crippen molar-refractivity contribution in [2.24, 2.45) is 0 Å². The van der Waals surface area contributed by atoms with Crippen molar-refractivity contribution < 1.29 is 14.4 Å². The van der Waals surface area contributed by atoms with Gasteiger partial charge in [-0.1, -0.05) is 12.1 Å². The van der Waals surface area contributed by atoms with Gasteiger partial charge in [0.25, 0.3) is 5.69 Å². The summed E-state index contributed by atoms with van der Waals surface area (Å²) in [5.74, 6) is 1.95. The van der Waals surface area contributed by atoms with Crippen molar-refractivity contribution in [2.45, 2.75) is 6.54 Å². The number of halogens is 1. The molecule has 0 spiro atoms. The minimum atomic E-state index is -0.489. The maximum atomic E-state index is 10.7. The van der Waals surface area contributed by atoms with Gasteiger partial charge in [0.2, 0.25) is 6.79 Å². The molecule has 0 bridgehead atoms. The summed E-state index contributed by atoms with van der Waals surface area (Å²) in [5, 5.41) is 13.8. The molecule has 1 aliphatic rings. The summed E-state index contributed by atoms with van der Waals surface area (Å²) < 4.78 is 11.3. The summed E-state index contributed by atoms with van der Waals surface area (Å²) >= 11 is 3.27. The van der Waals surface area contributed by atoms with Crippen molar-refractivity contribution in [3.8, 4) is 11.5 Å². The molecule has 8 heteroatoms. The quantitative estimate of drug-likeness (QED) is 0.672. The number of hydrogen-bond donors (Lipinski definition) is 1. The SMILES string of the molecule is O=[N+]([O-])c1cnc(NCc2cccc3c2OCO3)c(Br)c1. The molecule has 0 saturated carbocycles. The van der Waals surface area contributed by atoms with Crippen molar-refractivity contribution in [3.63, 3.8) is 0 Å². The number of pyridine rings is 1. The molecule has 0 radical (unpaired) electrons. The maximum Gasteiger partial charge on any atom is 0.288 e. The molecular weight excluding hydrogens is 342 g/mol. The molecule has 1 aromatic carbocycles. The Labute approximate surface area is 128 Å². The Balaban J connectivity index is 1.77. The van der Waals surface area contributed by atoms with Gasteiger partial charge in [-0.15, -0.1) is 0 Å². The Kier molecular flexibility index (Phi) is 3.61. The number of nitrogens with zero attached hydrogens (tertiary/aromatic N) is 2. The van der Waals surface area contributed by atoms with E-state index in [4.69, 9.17) is 9.47 Å². The number of benzene rings is 1. The Morgan fingerprint density at radius 3 is 3.05 bits per heavy atom. The van der Waals surface area contributed by atoms with Crippen LogP contribution in [-0.2, 0) is 6.54 Å². The normalized spacial score (nSPS) is 12.2. The second kappa shape index (κ2) is 5.57. The van der Waals surface area contributed by atoms with Crippen LogP contribution in [0.25, 0.3) is 0 Å². The third kappa shape index (κ3) is 2.75. The lowest BCUT2D eigenvalue weighted by atomic mass is 10.2. The monoisotopic (exact) mass is 351 g/mol. The number of ether oxygens (including phenoxy) is 2. The molecule has 0 unspecified atom stereocenters. The molecule has 0 amide bonds. The minimum Gasteiger partial charge on any atom is -0.454 e. The molecule has 1 aliphatic heterocycles. The fraction of sp³-hybridized carbons (Fsp3) is 0.154. The van der Waals surface area contributed by atoms with Crippen LogP contribution in [0.4, 0.5) is 11.5 Å². The van der Waals surface area contributed by atoms with Gasteiger partial charge in [0.05, 0.1) is 9.40 Å². The van der Waals surface area contributed by atoms with Crippen molar-refractivity contribution >= 4 is 27.4 Å². The Bertz CT molecular complexity index is 708. The molecule has 1 N–H and O–H groups in total. The van der Waals surface area contributed by atoms with Crippen LogP contribution in [-0.4, -0.2) is 16.7 Å². The van der Waals surface area contributed by atoms with E-state index in [1.807, 2.05) is 18.2 Å². The summed E-state index contributed by atoms with van der Waals surface area (Å²) in [6, 6.07) is 7.04. The van der Waals surface area contributed by atoms with Gasteiger partial charge in [-0.05, 0) is 22.0 Å². The molecule has 0 fully saturated rings. The first-order valence-corrected chi connectivity index (χ1v) is 6.86. The zero-order chi connectivity index (χ0) is 14.8. The van der Waals surface area contributed by atoms with Crippen molar-refractivity contribution in [1.82, 2.24) is 4.98 Å². The lowest BCUT2D eigenvalue weighted by Crippen LogP contribution is -2.04. The Morgan fingerprint density at radius 2 is 2.29 bits per heavy atom. The molecule has 0 aliphatic carbocycles. The minimum absolute atomic E-state index is 0.0650. The average molecular weight is 352 g/mol. The van der Waals surface area contributed by atoms with Gasteiger partial charge in [-0.2, -0.15) is 0 Å². The van der Waals surface area contributed by atoms with Crippen LogP contribution in [0.15, 0.2) is 34.9 Å². The number of para-hydroxylation sites is 1. The van der Waals surface area contributed by atoms with Crippen LogP contribution in [0.2, 0.25) is 0 Å². The molecule has 3 rings (SSSR count). The number of nitrogens with one attached hydrogen (secondary N) is 1. The number of rotatable bonds is 4. The Hall–Kier alpha value is -2.35. The van der Waals surface area contributed by atoms with Crippen molar-refractivity contribution in [2.75, 3.05) is 12.1 Å². The number of anilines is 1. The van der Waals surface area contributed by atoms with E-state index in [2.05, 4.69) is 26.2 Å². The summed E-state index contributed by atoms with van der Waals surface area (Å²) in [6.45, 7) is 0.682. The topological polar surface area (TPSA) is 86.5 Å². The summed E-state index contributed by atoms with van der Waals surface area (Å²) in [5.41, 5.74) is 0.863. The highest BCUT2D eigenvalue weighted by Gasteiger charge is 2.17. The van der Waals surface area contributed by atoms with Gasteiger partial charge in [-0.3, -0.25) is 10.1 Å². The first-order chi connectivity index (χ1) is 10.1. The van der Waals surface area contributed by atoms with Crippen LogP contribution in [0, 0.1) is 10.1 Å². The Morgan fingerprint density at radius 1 is 1.43 bits per heavy atom. The zero-order valence-corrected chi connectivity index (χ0v) is 12.3. The number of aromatic nitrogens is 1. The fourth-order valence-corrected chi connectivity index (χ4v) is 2.44. The van der Waals surface area contributed by atoms with Crippen LogP contribution in [0.1, 0.15) is 5.56 Å². The molecule has 2 heterocycles. The van der Waals surface area contributed by atoms with Crippen LogP contribution >= 0.6 is 15.9 Å². The van der Waals surface area contributed by atoms with E-state index in [0.717, 1.165) is 5.56 Å². The second-order valence-electron chi connectivity index (χ2n) is 4.29. The number of hydrogen-bond acceptors (Lipinski definition) is 6. The molecule has 21 heavy (non-hydrogen) atoms. The lowest BCUT2D eigenvalue weighted by Gasteiger charge is -2.09. The van der Waals surface area contributed by atoms with E-state index in [1.165, 1.54) is 12.3 Å². The molecule has 2 aromatic rings. The first kappa shape index (κ1) is 13.6. The number of fused-ring (bicyclic) bond motifs is 1. The van der Waals surface area contributed by atoms with Gasteiger partial charge < -0.3 is 14.8 Å². The lowest BCUT2D eigenvalue weighted by molar-refractivity contribution is -0.385. The van der Waals surface area contributed by atoms with E-state index in [-0.39, 0.29) is 12.5 Å². The van der Waals surface area contributed by atoms with Crippen molar-refractivity contribution in [3.05, 3.63) is 50.6 Å². The van der Waals surface area contributed by atoms with Crippen LogP contribution < -0.4 is 14.8 Å². The molecule has 0 atom stereocenters. The third-order valence-corrected chi connectivity index (χ3v) is 3.57. The fourth-order valence-electron chi connectivity index (χ4n) is 1.97. The molecule has 1 aromatic heterocycles. The van der Waals surface area contributed by atoms with Gasteiger partial charge in [0, 0.05) is 18.2 Å². The largest absolute Gasteiger partial charge is 0.454 e. The molecular formula is C13H10BrN3O4. The standard InChI is InChI=1S/C13H10BrN3O4/c14-10-4-9(17(18)19)6-16-13(10)15-5-8-2-1-3-11-12(8)21-7-20-11/h1-4,6H,5,7H2,(H,15,16). The second-order valence-corrected chi connectivity index (χ2v) is 5.14. The van der Waals surface area contributed by atoms with Crippen molar-refractivity contribution in [1.29, 1.82) is 0 Å². The predicted octanol–water partition coefficient (Wildman–Crippen LogP) is 3.09. The van der Waals surface area contributed by atoms with E-state index < -0.39 is 4.92 Å². The first-order valence-electron chi connectivity index (χ1n) is 6.06. The highest BCUT2D eigenvalue weighted by molar-refractivity contribution is 9.10. The van der Waals surface area contributed by atoms with Gasteiger partial charge >= 0.3 is 0 Å². The van der Waals surface area contributed by atoms with E-state index in [9.17, 15) is 10.1 Å². The highest BCUT2D eigenvalue weighted by Crippen LogP contribution is 2.35. The van der Waals surface area contributed by atoms with Gasteiger partial charge in [0.1, 0.15) is 12.0 Å². The maximum absolute atomic E-state index is 10.7. The smallest absolute Gasteiger partial charge is 0.288 e. The zero-order valence-electron chi connectivity index (χ0n) is 10.7. The molecule has 0 saturated heterocycles. The number of nitro groups is 1. The van der Waals surface area contributed by atoms with E-state index >= 15 is 0 Å². The molecule has 108 valence electrons. The van der Waals surface area contributed by atoms with Crippen LogP contribution in [0.5, 0.6) is 11.5 Å².